The average molecular weight is 352 g/mol. The minimum absolute atomic E-state index is 0. The van der Waals surface area contributed by atoms with Crippen LogP contribution in [0.5, 0.6) is 5.75 Å². The summed E-state index contributed by atoms with van der Waals surface area (Å²) in [6.07, 6.45) is -0.685. The summed E-state index contributed by atoms with van der Waals surface area (Å²) >= 11 is 0. The molecule has 4 nitrogen and oxygen atoms in total. The normalized spacial score (nSPS) is 13.2. The topological polar surface area (TPSA) is 52.9 Å². The van der Waals surface area contributed by atoms with E-state index in [1.54, 1.807) is 7.11 Å². The number of aliphatic hydroxyl groups excluding tert-OH is 2. The van der Waals surface area contributed by atoms with Gasteiger partial charge in [-0.3, -0.25) is 4.90 Å². The van der Waals surface area contributed by atoms with Gasteiger partial charge in [0.05, 0.1) is 25.9 Å². The summed E-state index contributed by atoms with van der Waals surface area (Å²) in [5, 5.41) is 20.3. The highest BCUT2D eigenvalue weighted by atomic mass is 35.5. The van der Waals surface area contributed by atoms with E-state index < -0.39 is 6.10 Å². The molecule has 2 rings (SSSR count). The first-order valence-electron chi connectivity index (χ1n) is 7.93. The smallest absolute Gasteiger partial charge is 0.118 e. The number of aliphatic hydroxyl groups is 2. The molecule has 0 radical (unpaired) electrons. The first kappa shape index (κ1) is 20.5. The fourth-order valence-corrected chi connectivity index (χ4v) is 2.85. The van der Waals surface area contributed by atoms with Gasteiger partial charge in [0, 0.05) is 6.54 Å². The quantitative estimate of drug-likeness (QED) is 0.766. The number of nitrogens with zero attached hydrogens (tertiary/aromatic N) is 1. The van der Waals surface area contributed by atoms with Crippen molar-refractivity contribution < 1.29 is 14.9 Å². The second kappa shape index (κ2) is 10.3. The maximum atomic E-state index is 11.0. The summed E-state index contributed by atoms with van der Waals surface area (Å²) in [4.78, 5) is 2.09. The SMILES string of the molecule is CCN(CCO)C(c1ccccc1)C(O)c1ccc(OC)cc1.Cl. The molecule has 0 aromatic heterocycles. The Hall–Kier alpha value is -1.59. The standard InChI is InChI=1S/C19H25NO3.ClH/c1-3-20(13-14-21)18(15-7-5-4-6-8-15)19(22)16-9-11-17(23-2)12-10-16;/h4-12,18-19,21-22H,3,13-14H2,1-2H3;1H. The molecule has 2 N–H and O–H groups in total. The van der Waals surface area contributed by atoms with Crippen molar-refractivity contribution in [1.82, 2.24) is 4.90 Å². The van der Waals surface area contributed by atoms with Crippen molar-refractivity contribution >= 4 is 12.4 Å². The molecule has 2 aromatic carbocycles. The van der Waals surface area contributed by atoms with E-state index in [9.17, 15) is 10.2 Å². The van der Waals surface area contributed by atoms with E-state index in [1.165, 1.54) is 0 Å². The zero-order chi connectivity index (χ0) is 16.7. The maximum Gasteiger partial charge on any atom is 0.118 e. The van der Waals surface area contributed by atoms with Crippen LogP contribution >= 0.6 is 12.4 Å². The Bertz CT molecular complexity index is 577. The molecule has 0 spiro atoms. The van der Waals surface area contributed by atoms with E-state index in [0.29, 0.717) is 6.54 Å². The van der Waals surface area contributed by atoms with E-state index >= 15 is 0 Å². The molecule has 0 aliphatic heterocycles. The minimum atomic E-state index is -0.685. The third-order valence-electron chi connectivity index (χ3n) is 4.08. The molecule has 2 atom stereocenters. The number of halogens is 1. The van der Waals surface area contributed by atoms with Crippen molar-refractivity contribution in [3.05, 3.63) is 65.7 Å². The Morgan fingerprint density at radius 3 is 2.12 bits per heavy atom. The van der Waals surface area contributed by atoms with Crippen molar-refractivity contribution in [3.8, 4) is 5.75 Å². The number of ether oxygens (including phenoxy) is 1. The molecule has 0 aliphatic carbocycles. The molecule has 5 heteroatoms. The van der Waals surface area contributed by atoms with Gasteiger partial charge in [-0.15, -0.1) is 12.4 Å². The first-order chi connectivity index (χ1) is 11.2. The van der Waals surface area contributed by atoms with Gasteiger partial charge in [-0.2, -0.15) is 0 Å². The number of benzene rings is 2. The van der Waals surface area contributed by atoms with E-state index in [4.69, 9.17) is 4.74 Å². The summed E-state index contributed by atoms with van der Waals surface area (Å²) in [6.45, 7) is 3.36. The lowest BCUT2D eigenvalue weighted by atomic mass is 9.94. The van der Waals surface area contributed by atoms with Crippen molar-refractivity contribution in [3.63, 3.8) is 0 Å². The van der Waals surface area contributed by atoms with Crippen LogP contribution < -0.4 is 4.74 Å². The molecule has 2 aromatic rings. The van der Waals surface area contributed by atoms with Crippen LogP contribution in [0, 0.1) is 0 Å². The van der Waals surface area contributed by atoms with Gasteiger partial charge in [0.15, 0.2) is 0 Å². The van der Waals surface area contributed by atoms with E-state index in [2.05, 4.69) is 4.90 Å². The van der Waals surface area contributed by atoms with Gasteiger partial charge in [0.25, 0.3) is 0 Å². The molecule has 0 bridgehead atoms. The van der Waals surface area contributed by atoms with Crippen LogP contribution in [-0.2, 0) is 0 Å². The molecule has 0 heterocycles. The molecular formula is C19H26ClNO3. The fourth-order valence-electron chi connectivity index (χ4n) is 2.85. The van der Waals surface area contributed by atoms with Crippen LogP contribution in [0.25, 0.3) is 0 Å². The van der Waals surface area contributed by atoms with Crippen LogP contribution in [0.3, 0.4) is 0 Å². The van der Waals surface area contributed by atoms with Gasteiger partial charge in [-0.05, 0) is 29.8 Å². The number of hydrogen-bond donors (Lipinski definition) is 2. The fraction of sp³-hybridized carbons (Fsp3) is 0.368. The van der Waals surface area contributed by atoms with Gasteiger partial charge >= 0.3 is 0 Å². The molecule has 2 unspecified atom stereocenters. The highest BCUT2D eigenvalue weighted by molar-refractivity contribution is 5.85. The molecule has 24 heavy (non-hydrogen) atoms. The lowest BCUT2D eigenvalue weighted by Gasteiger charge is -2.34. The van der Waals surface area contributed by atoms with Gasteiger partial charge < -0.3 is 14.9 Å². The Morgan fingerprint density at radius 1 is 1.00 bits per heavy atom. The Labute approximate surface area is 150 Å². The van der Waals surface area contributed by atoms with Crippen molar-refractivity contribution in [1.29, 1.82) is 0 Å². The second-order valence-corrected chi connectivity index (χ2v) is 5.43. The number of likely N-dealkylation sites (N-methyl/N-ethyl adjacent to an activating group) is 1. The van der Waals surface area contributed by atoms with Crippen LogP contribution in [0.1, 0.15) is 30.2 Å². The van der Waals surface area contributed by atoms with E-state index in [-0.39, 0.29) is 25.1 Å². The largest absolute Gasteiger partial charge is 0.497 e. The Balaban J connectivity index is 0.00000288. The second-order valence-electron chi connectivity index (χ2n) is 5.43. The summed E-state index contributed by atoms with van der Waals surface area (Å²) < 4.78 is 5.18. The van der Waals surface area contributed by atoms with E-state index in [1.807, 2.05) is 61.5 Å². The highest BCUT2D eigenvalue weighted by Crippen LogP contribution is 2.34. The van der Waals surface area contributed by atoms with Crippen molar-refractivity contribution in [2.24, 2.45) is 0 Å². The van der Waals surface area contributed by atoms with Gasteiger partial charge in [0.2, 0.25) is 0 Å². The first-order valence-corrected chi connectivity index (χ1v) is 7.93. The van der Waals surface area contributed by atoms with Crippen LogP contribution in [0.2, 0.25) is 0 Å². The summed E-state index contributed by atoms with van der Waals surface area (Å²) in [6, 6.07) is 17.2. The van der Waals surface area contributed by atoms with Crippen LogP contribution in [-0.4, -0.2) is 41.9 Å². The summed E-state index contributed by atoms with van der Waals surface area (Å²) in [5.41, 5.74) is 1.86. The van der Waals surface area contributed by atoms with Gasteiger partial charge in [-0.25, -0.2) is 0 Å². The maximum absolute atomic E-state index is 11.0. The predicted octanol–water partition coefficient (Wildman–Crippen LogP) is 3.21. The predicted molar refractivity (Wildman–Crippen MR) is 98.7 cm³/mol. The van der Waals surface area contributed by atoms with Crippen molar-refractivity contribution in [2.45, 2.75) is 19.1 Å². The number of hydrogen-bond acceptors (Lipinski definition) is 4. The average Bonchev–Trinajstić information content (AvgIpc) is 2.62. The molecule has 0 amide bonds. The van der Waals surface area contributed by atoms with Gasteiger partial charge in [-0.1, -0.05) is 49.4 Å². The zero-order valence-electron chi connectivity index (χ0n) is 14.1. The number of rotatable bonds is 8. The molecule has 0 saturated heterocycles. The molecule has 0 saturated carbocycles. The van der Waals surface area contributed by atoms with Crippen LogP contribution in [0.4, 0.5) is 0 Å². The third-order valence-corrected chi connectivity index (χ3v) is 4.08. The summed E-state index contributed by atoms with van der Waals surface area (Å²) in [5.74, 6) is 0.764. The van der Waals surface area contributed by atoms with Crippen molar-refractivity contribution in [2.75, 3.05) is 26.8 Å². The highest BCUT2D eigenvalue weighted by Gasteiger charge is 2.27. The zero-order valence-corrected chi connectivity index (χ0v) is 14.9. The molecule has 132 valence electrons. The van der Waals surface area contributed by atoms with Gasteiger partial charge in [0.1, 0.15) is 5.75 Å². The lowest BCUT2D eigenvalue weighted by molar-refractivity contribution is 0.0404. The molecular weight excluding hydrogens is 326 g/mol. The summed E-state index contributed by atoms with van der Waals surface area (Å²) in [7, 11) is 1.62. The van der Waals surface area contributed by atoms with Crippen LogP contribution in [0.15, 0.2) is 54.6 Å². The Morgan fingerprint density at radius 2 is 1.62 bits per heavy atom. The van der Waals surface area contributed by atoms with E-state index in [0.717, 1.165) is 23.4 Å². The third kappa shape index (κ3) is 4.95. The lowest BCUT2D eigenvalue weighted by Crippen LogP contribution is -2.35. The molecule has 0 aliphatic rings. The molecule has 0 fully saturated rings. The monoisotopic (exact) mass is 351 g/mol. The Kier molecular flexibility index (Phi) is 8.79. The number of methoxy groups -OCH3 is 1. The minimum Gasteiger partial charge on any atom is -0.497 e.